The van der Waals surface area contributed by atoms with Crippen LogP contribution in [0.4, 0.5) is 5.13 Å². The number of aromatic nitrogens is 1. The first-order chi connectivity index (χ1) is 17.0. The molecule has 2 heterocycles. The fourth-order valence-electron chi connectivity index (χ4n) is 3.50. The minimum absolute atomic E-state index is 0.00585. The molecular weight excluding hydrogens is 458 g/mol. The van der Waals surface area contributed by atoms with Crippen LogP contribution in [0.1, 0.15) is 64.6 Å². The molecule has 6 nitrogen and oxygen atoms in total. The smallest absolute Gasteiger partial charge is 0.236 e. The van der Waals surface area contributed by atoms with Crippen LogP contribution in [0.25, 0.3) is 0 Å². The van der Waals surface area contributed by atoms with Gasteiger partial charge in [-0.2, -0.15) is 0 Å². The quantitative estimate of drug-likeness (QED) is 0.415. The molecule has 2 aliphatic rings. The van der Waals surface area contributed by atoms with Gasteiger partial charge in [0.15, 0.2) is 16.6 Å². The van der Waals surface area contributed by atoms with E-state index in [0.717, 1.165) is 29.9 Å². The fraction of sp³-hybridized carbons (Fsp3) is 0.429. The summed E-state index contributed by atoms with van der Waals surface area (Å²) < 4.78 is 10.7. The van der Waals surface area contributed by atoms with Gasteiger partial charge < -0.3 is 19.7 Å². The Morgan fingerprint density at radius 1 is 1.03 bits per heavy atom. The van der Waals surface area contributed by atoms with Crippen LogP contribution in [-0.4, -0.2) is 36.7 Å². The van der Waals surface area contributed by atoms with Crippen LogP contribution in [0.2, 0.25) is 0 Å². The number of carbonyl (C=O) groups excluding carboxylic acids is 1. The zero-order valence-corrected chi connectivity index (χ0v) is 22.8. The third kappa shape index (κ3) is 7.29. The van der Waals surface area contributed by atoms with E-state index in [-0.39, 0.29) is 12.7 Å². The predicted molar refractivity (Wildman–Crippen MR) is 145 cm³/mol. The summed E-state index contributed by atoms with van der Waals surface area (Å²) in [5.74, 6) is 1.46. The number of hydrogen-bond donors (Lipinski definition) is 1. The van der Waals surface area contributed by atoms with E-state index in [0.29, 0.717) is 11.2 Å². The van der Waals surface area contributed by atoms with Crippen molar-refractivity contribution in [1.82, 2.24) is 9.88 Å². The van der Waals surface area contributed by atoms with Gasteiger partial charge in [-0.15, -0.1) is 11.3 Å². The number of anilines is 1. The second kappa shape index (κ2) is 13.9. The van der Waals surface area contributed by atoms with Gasteiger partial charge in [0.2, 0.25) is 12.7 Å². The number of thiazole rings is 1. The van der Waals surface area contributed by atoms with Crippen LogP contribution in [0.15, 0.2) is 60.1 Å². The summed E-state index contributed by atoms with van der Waals surface area (Å²) in [6, 6.07) is 16.8. The lowest BCUT2D eigenvalue weighted by Gasteiger charge is -2.19. The maximum absolute atomic E-state index is 12.5. The summed E-state index contributed by atoms with van der Waals surface area (Å²) in [6.07, 6.45) is 3.38. The summed E-state index contributed by atoms with van der Waals surface area (Å²) in [6.45, 7) is 10.5. The van der Waals surface area contributed by atoms with Crippen molar-refractivity contribution in [3.63, 3.8) is 0 Å². The minimum Gasteiger partial charge on any atom is -0.454 e. The predicted octanol–water partition coefficient (Wildman–Crippen LogP) is 6.90. The Labute approximate surface area is 214 Å². The number of ether oxygens (including phenoxy) is 2. The molecule has 1 aliphatic carbocycles. The Balaban J connectivity index is 0.000000246. The van der Waals surface area contributed by atoms with Crippen LogP contribution in [0.3, 0.4) is 0 Å². The highest BCUT2D eigenvalue weighted by atomic mass is 32.1. The number of rotatable bonds is 5. The van der Waals surface area contributed by atoms with E-state index in [2.05, 4.69) is 60.5 Å². The molecule has 7 heteroatoms. The molecular formula is C28H39N3O3S. The molecule has 1 amide bonds. The van der Waals surface area contributed by atoms with Gasteiger partial charge >= 0.3 is 0 Å². The minimum atomic E-state index is -0.438. The van der Waals surface area contributed by atoms with E-state index in [4.69, 9.17) is 9.47 Å². The van der Waals surface area contributed by atoms with E-state index in [1.165, 1.54) is 16.9 Å². The molecule has 1 aromatic heterocycles. The van der Waals surface area contributed by atoms with Gasteiger partial charge in [-0.05, 0) is 57.1 Å². The molecule has 1 saturated carbocycles. The van der Waals surface area contributed by atoms with E-state index in [1.807, 2.05) is 57.3 Å². The van der Waals surface area contributed by atoms with Gasteiger partial charge in [0, 0.05) is 17.6 Å². The fourth-order valence-corrected chi connectivity index (χ4v) is 4.02. The van der Waals surface area contributed by atoms with Crippen LogP contribution in [0.5, 0.6) is 11.5 Å². The highest BCUT2D eigenvalue weighted by Gasteiger charge is 2.51. The lowest BCUT2D eigenvalue weighted by atomic mass is 9.94. The van der Waals surface area contributed by atoms with Gasteiger partial charge in [-0.25, -0.2) is 4.98 Å². The third-order valence-corrected chi connectivity index (χ3v) is 6.51. The molecule has 1 atom stereocenters. The Bertz CT molecular complexity index is 1020. The van der Waals surface area contributed by atoms with Crippen molar-refractivity contribution < 1.29 is 14.3 Å². The zero-order valence-electron chi connectivity index (χ0n) is 22.0. The molecule has 1 aliphatic heterocycles. The Morgan fingerprint density at radius 3 is 2.26 bits per heavy atom. The van der Waals surface area contributed by atoms with Gasteiger partial charge in [-0.3, -0.25) is 4.79 Å². The monoisotopic (exact) mass is 497 g/mol. The topological polar surface area (TPSA) is 63.7 Å². The average molecular weight is 498 g/mol. The van der Waals surface area contributed by atoms with Gasteiger partial charge in [-0.1, -0.05) is 64.1 Å². The Kier molecular flexibility index (Phi) is 11.2. The molecule has 3 aromatic rings. The standard InChI is InChI=1S/C14H12N2O3S.C10H15N.2C2H6/c17-12(16-13-15-5-6-20-13)14(3-4-14)9-1-2-10-11(7-9)19-8-18-10;1-9(11(2)3)10-7-5-4-6-8-10;2*1-2/h1-2,5-7H,3-4,8H2,(H,15,16,17);4-9H,1-3H3;2*1-2H3. The largest absolute Gasteiger partial charge is 0.454 e. The maximum atomic E-state index is 12.5. The molecule has 0 bridgehead atoms. The van der Waals surface area contributed by atoms with Crippen molar-refractivity contribution in [3.8, 4) is 11.5 Å². The molecule has 5 rings (SSSR count). The van der Waals surface area contributed by atoms with Crippen molar-refractivity contribution >= 4 is 22.4 Å². The van der Waals surface area contributed by atoms with E-state index in [9.17, 15) is 4.79 Å². The lowest BCUT2D eigenvalue weighted by Crippen LogP contribution is -2.27. The zero-order chi connectivity index (χ0) is 25.8. The molecule has 1 fully saturated rings. The first-order valence-corrected chi connectivity index (χ1v) is 13.2. The molecule has 35 heavy (non-hydrogen) atoms. The number of amides is 1. The van der Waals surface area contributed by atoms with Crippen molar-refractivity contribution in [2.45, 2.75) is 58.9 Å². The van der Waals surface area contributed by atoms with Crippen molar-refractivity contribution in [3.05, 3.63) is 71.2 Å². The van der Waals surface area contributed by atoms with Crippen molar-refractivity contribution in [1.29, 1.82) is 0 Å². The van der Waals surface area contributed by atoms with Crippen LogP contribution in [0, 0.1) is 0 Å². The van der Waals surface area contributed by atoms with Crippen LogP contribution in [-0.2, 0) is 10.2 Å². The molecule has 190 valence electrons. The highest BCUT2D eigenvalue weighted by Crippen LogP contribution is 2.51. The number of fused-ring (bicyclic) bond motifs is 1. The maximum Gasteiger partial charge on any atom is 0.236 e. The molecule has 1 N–H and O–H groups in total. The number of hydrogen-bond acceptors (Lipinski definition) is 6. The van der Waals surface area contributed by atoms with Gasteiger partial charge in [0.05, 0.1) is 5.41 Å². The molecule has 1 unspecified atom stereocenters. The number of nitrogens with one attached hydrogen (secondary N) is 1. The summed E-state index contributed by atoms with van der Waals surface area (Å²) in [7, 11) is 4.19. The lowest BCUT2D eigenvalue weighted by molar-refractivity contribution is -0.118. The van der Waals surface area contributed by atoms with E-state index >= 15 is 0 Å². The highest BCUT2D eigenvalue weighted by molar-refractivity contribution is 7.13. The van der Waals surface area contributed by atoms with Gasteiger partial charge in [0.25, 0.3) is 0 Å². The summed E-state index contributed by atoms with van der Waals surface area (Å²) in [5.41, 5.74) is 1.92. The second-order valence-electron chi connectivity index (χ2n) is 7.99. The summed E-state index contributed by atoms with van der Waals surface area (Å²) in [5, 5.41) is 5.37. The first-order valence-electron chi connectivity index (χ1n) is 12.3. The summed E-state index contributed by atoms with van der Waals surface area (Å²) >= 11 is 1.42. The van der Waals surface area contributed by atoms with Crippen molar-refractivity contribution in [2.24, 2.45) is 0 Å². The van der Waals surface area contributed by atoms with E-state index in [1.54, 1.807) is 6.20 Å². The number of benzene rings is 2. The first kappa shape index (κ1) is 28.3. The summed E-state index contributed by atoms with van der Waals surface area (Å²) in [4.78, 5) is 18.8. The van der Waals surface area contributed by atoms with E-state index < -0.39 is 5.41 Å². The average Bonchev–Trinajstić information content (AvgIpc) is 3.31. The van der Waals surface area contributed by atoms with Gasteiger partial charge in [0.1, 0.15) is 0 Å². The van der Waals surface area contributed by atoms with Crippen LogP contribution >= 0.6 is 11.3 Å². The van der Waals surface area contributed by atoms with Crippen LogP contribution < -0.4 is 14.8 Å². The molecule has 0 saturated heterocycles. The second-order valence-corrected chi connectivity index (χ2v) is 8.89. The number of carbonyl (C=O) groups is 1. The molecule has 2 aromatic carbocycles. The SMILES string of the molecule is CC.CC.CC(c1ccccc1)N(C)C.O=C(Nc1nccs1)C1(c2ccc3c(c2)OCO3)CC1. The molecule has 0 radical (unpaired) electrons. The Morgan fingerprint density at radius 2 is 1.69 bits per heavy atom. The molecule has 0 spiro atoms. The third-order valence-electron chi connectivity index (χ3n) is 5.82. The normalized spacial score (nSPS) is 14.7. The Hall–Kier alpha value is -2.90. The number of nitrogens with zero attached hydrogens (tertiary/aromatic N) is 2. The van der Waals surface area contributed by atoms with Crippen molar-refractivity contribution in [2.75, 3.05) is 26.2 Å².